The van der Waals surface area contributed by atoms with Gasteiger partial charge in [0.2, 0.25) is 0 Å². The largest absolute Gasteiger partial charge is 0.456 e. The van der Waals surface area contributed by atoms with Crippen molar-refractivity contribution in [1.29, 1.82) is 0 Å². The topological polar surface area (TPSA) is 18.1 Å². The van der Waals surface area contributed by atoms with Crippen LogP contribution in [0.2, 0.25) is 0 Å². The second-order valence-corrected chi connectivity index (χ2v) is 15.8. The maximum atomic E-state index is 6.50. The summed E-state index contributed by atoms with van der Waals surface area (Å²) in [5, 5.41) is 10.5. The first-order valence-electron chi connectivity index (χ1n) is 15.5. The van der Waals surface area contributed by atoms with E-state index >= 15 is 0 Å². The molecular formula is C42H27NOSi. The Bertz CT molecular complexity index is 2510. The van der Waals surface area contributed by atoms with E-state index in [-0.39, 0.29) is 0 Å². The Labute approximate surface area is 261 Å². The van der Waals surface area contributed by atoms with Crippen molar-refractivity contribution in [3.63, 3.8) is 0 Å². The van der Waals surface area contributed by atoms with E-state index in [1.54, 1.807) is 0 Å². The van der Waals surface area contributed by atoms with E-state index in [9.17, 15) is 0 Å². The summed E-state index contributed by atoms with van der Waals surface area (Å²) >= 11 is 0. The zero-order valence-corrected chi connectivity index (χ0v) is 25.4. The molecule has 0 saturated heterocycles. The third-order valence-corrected chi connectivity index (χ3v) is 14.7. The molecule has 1 aliphatic rings. The molecule has 0 bridgehead atoms. The number of furan rings is 1. The minimum absolute atomic E-state index is 0.911. The van der Waals surface area contributed by atoms with E-state index in [2.05, 4.69) is 168 Å². The third-order valence-electron chi connectivity index (χ3n) is 9.88. The van der Waals surface area contributed by atoms with Crippen LogP contribution in [0.3, 0.4) is 0 Å². The van der Waals surface area contributed by atoms with Gasteiger partial charge in [-0.25, -0.2) is 0 Å². The Morgan fingerprint density at radius 1 is 0.400 bits per heavy atom. The smallest absolute Gasteiger partial charge is 0.180 e. The van der Waals surface area contributed by atoms with Crippen LogP contribution in [0.25, 0.3) is 60.6 Å². The van der Waals surface area contributed by atoms with Crippen LogP contribution in [-0.4, -0.2) is 12.6 Å². The predicted molar refractivity (Wildman–Crippen MR) is 191 cm³/mol. The Morgan fingerprint density at radius 3 is 1.60 bits per heavy atom. The standard InChI is InChI=1S/C42H27NOSi/c1-2-12-29(13-3-1)45(41-20-10-6-16-33(41)34-17-7-11-21-42(34)45)30-23-25-40-36(27-30)35-26-28(22-24-39(35)44-40)43-37-18-8-4-14-31(37)32-15-5-9-19-38(32)43/h1-27H. The number of para-hydroxylation sites is 2. The first kappa shape index (κ1) is 24.8. The number of rotatable bonds is 3. The van der Waals surface area contributed by atoms with Gasteiger partial charge in [-0.1, -0.05) is 127 Å². The summed E-state index contributed by atoms with van der Waals surface area (Å²) in [4.78, 5) is 0. The van der Waals surface area contributed by atoms with Gasteiger partial charge in [-0.05, 0) is 68.3 Å². The molecule has 45 heavy (non-hydrogen) atoms. The van der Waals surface area contributed by atoms with Crippen LogP contribution in [0, 0.1) is 0 Å². The number of benzene rings is 7. The lowest BCUT2D eigenvalue weighted by atomic mass is 10.1. The highest BCUT2D eigenvalue weighted by molar-refractivity contribution is 7.22. The summed E-state index contributed by atoms with van der Waals surface area (Å²) in [5.41, 5.74) is 8.10. The molecule has 0 radical (unpaired) electrons. The molecule has 7 aromatic carbocycles. The fraction of sp³-hybridized carbons (Fsp3) is 0. The summed E-state index contributed by atoms with van der Waals surface area (Å²) in [6.07, 6.45) is 0. The first-order valence-corrected chi connectivity index (χ1v) is 17.5. The molecule has 0 unspecified atom stereocenters. The van der Waals surface area contributed by atoms with Crippen LogP contribution >= 0.6 is 0 Å². The molecule has 3 heteroatoms. The predicted octanol–water partition coefficient (Wildman–Crippen LogP) is 8.04. The van der Waals surface area contributed by atoms with Gasteiger partial charge >= 0.3 is 0 Å². The molecule has 9 aromatic rings. The van der Waals surface area contributed by atoms with Crippen LogP contribution in [0.15, 0.2) is 168 Å². The summed E-state index contributed by atoms with van der Waals surface area (Å²) in [6.45, 7) is 0. The average molecular weight is 590 g/mol. The lowest BCUT2D eigenvalue weighted by Crippen LogP contribution is -2.72. The lowest BCUT2D eigenvalue weighted by molar-refractivity contribution is 0.669. The van der Waals surface area contributed by atoms with Crippen molar-refractivity contribution < 1.29 is 4.42 Å². The third kappa shape index (κ3) is 3.28. The second-order valence-electron chi connectivity index (χ2n) is 12.1. The van der Waals surface area contributed by atoms with E-state index < -0.39 is 8.07 Å². The zero-order valence-electron chi connectivity index (χ0n) is 24.4. The lowest BCUT2D eigenvalue weighted by Gasteiger charge is -2.31. The molecule has 10 rings (SSSR count). The molecule has 2 aromatic heterocycles. The van der Waals surface area contributed by atoms with E-state index in [1.807, 2.05) is 0 Å². The van der Waals surface area contributed by atoms with Gasteiger partial charge in [0.15, 0.2) is 8.07 Å². The molecule has 2 nitrogen and oxygen atoms in total. The highest BCUT2D eigenvalue weighted by atomic mass is 28.3. The molecule has 0 spiro atoms. The van der Waals surface area contributed by atoms with Crippen LogP contribution < -0.4 is 20.7 Å². The van der Waals surface area contributed by atoms with Crippen LogP contribution in [-0.2, 0) is 0 Å². The number of hydrogen-bond acceptors (Lipinski definition) is 1. The van der Waals surface area contributed by atoms with Crippen LogP contribution in [0.5, 0.6) is 0 Å². The van der Waals surface area contributed by atoms with Gasteiger partial charge < -0.3 is 8.98 Å². The van der Waals surface area contributed by atoms with Gasteiger partial charge in [-0.15, -0.1) is 0 Å². The Kier molecular flexibility index (Phi) is 5.05. The van der Waals surface area contributed by atoms with Crippen LogP contribution in [0.1, 0.15) is 0 Å². The molecule has 0 amide bonds. The molecule has 0 atom stereocenters. The van der Waals surface area contributed by atoms with Crippen molar-refractivity contribution in [3.8, 4) is 16.8 Å². The van der Waals surface area contributed by atoms with Gasteiger partial charge in [-0.3, -0.25) is 0 Å². The van der Waals surface area contributed by atoms with Crippen molar-refractivity contribution >= 4 is 72.6 Å². The Hall–Kier alpha value is -5.64. The Balaban J connectivity index is 1.27. The molecule has 0 N–H and O–H groups in total. The van der Waals surface area contributed by atoms with Crippen molar-refractivity contribution in [1.82, 2.24) is 4.57 Å². The SMILES string of the molecule is c1ccc([Si]2(c3ccc4oc5ccc(-n6c7ccccc7c7ccccc76)cc5c4c3)c3ccccc3-c3ccccc32)cc1. The van der Waals surface area contributed by atoms with E-state index in [0.29, 0.717) is 0 Å². The van der Waals surface area contributed by atoms with Crippen molar-refractivity contribution in [3.05, 3.63) is 164 Å². The first-order chi connectivity index (χ1) is 22.3. The average Bonchev–Trinajstić information content (AvgIpc) is 3.75. The van der Waals surface area contributed by atoms with Gasteiger partial charge in [-0.2, -0.15) is 0 Å². The molecule has 0 fully saturated rings. The number of aromatic nitrogens is 1. The fourth-order valence-corrected chi connectivity index (χ4v) is 13.2. The maximum absolute atomic E-state index is 6.50. The van der Waals surface area contributed by atoms with Gasteiger partial charge in [0, 0.05) is 27.2 Å². The van der Waals surface area contributed by atoms with Crippen LogP contribution in [0.4, 0.5) is 0 Å². The maximum Gasteiger partial charge on any atom is 0.180 e. The Morgan fingerprint density at radius 2 is 0.933 bits per heavy atom. The molecule has 0 aliphatic carbocycles. The zero-order chi connectivity index (χ0) is 29.5. The van der Waals surface area contributed by atoms with Crippen molar-refractivity contribution in [2.75, 3.05) is 0 Å². The number of nitrogens with zero attached hydrogens (tertiary/aromatic N) is 1. The minimum Gasteiger partial charge on any atom is -0.456 e. The van der Waals surface area contributed by atoms with E-state index in [4.69, 9.17) is 4.42 Å². The van der Waals surface area contributed by atoms with E-state index in [0.717, 1.165) is 27.6 Å². The highest BCUT2D eigenvalue weighted by Crippen LogP contribution is 2.36. The fourth-order valence-electron chi connectivity index (χ4n) is 8.05. The molecule has 3 heterocycles. The monoisotopic (exact) mass is 589 g/mol. The van der Waals surface area contributed by atoms with Gasteiger partial charge in [0.05, 0.1) is 11.0 Å². The highest BCUT2D eigenvalue weighted by Gasteiger charge is 2.48. The number of fused-ring (bicyclic) bond motifs is 9. The van der Waals surface area contributed by atoms with Gasteiger partial charge in [0.1, 0.15) is 11.2 Å². The normalized spacial score (nSPS) is 13.5. The quantitative estimate of drug-likeness (QED) is 0.191. The minimum atomic E-state index is -2.59. The van der Waals surface area contributed by atoms with Gasteiger partial charge in [0.25, 0.3) is 0 Å². The summed E-state index contributed by atoms with van der Waals surface area (Å²) < 4.78 is 8.89. The molecule has 210 valence electrons. The number of hydrogen-bond donors (Lipinski definition) is 0. The molecule has 1 aliphatic heterocycles. The molecule has 0 saturated carbocycles. The summed E-state index contributed by atoms with van der Waals surface area (Å²) in [6, 6.07) is 60.3. The van der Waals surface area contributed by atoms with Crippen molar-refractivity contribution in [2.45, 2.75) is 0 Å². The summed E-state index contributed by atoms with van der Waals surface area (Å²) in [5.74, 6) is 0. The second kappa shape index (κ2) is 9.18. The van der Waals surface area contributed by atoms with E-state index in [1.165, 1.54) is 53.7 Å². The van der Waals surface area contributed by atoms with Crippen molar-refractivity contribution in [2.24, 2.45) is 0 Å². The molecular weight excluding hydrogens is 563 g/mol. The summed E-state index contributed by atoms with van der Waals surface area (Å²) in [7, 11) is -2.59.